The molecule has 0 fully saturated rings. The van der Waals surface area contributed by atoms with Crippen LogP contribution in [0.15, 0.2) is 72.8 Å². The first-order valence-corrected chi connectivity index (χ1v) is 10.7. The lowest BCUT2D eigenvalue weighted by Crippen LogP contribution is -2.02. The van der Waals surface area contributed by atoms with E-state index in [1.807, 2.05) is 66.7 Å². The Morgan fingerprint density at radius 1 is 0.938 bits per heavy atom. The minimum absolute atomic E-state index is 0.342. The fourth-order valence-electron chi connectivity index (χ4n) is 3.19. The van der Waals surface area contributed by atoms with Gasteiger partial charge in [-0.3, -0.25) is 4.79 Å². The van der Waals surface area contributed by atoms with Crippen LogP contribution < -0.4 is 9.47 Å². The van der Waals surface area contributed by atoms with Crippen molar-refractivity contribution < 1.29 is 14.3 Å². The van der Waals surface area contributed by atoms with Crippen molar-refractivity contribution in [2.75, 3.05) is 0 Å². The number of fused-ring (bicyclic) bond motifs is 1. The molecule has 0 aliphatic heterocycles. The van der Waals surface area contributed by atoms with E-state index < -0.39 is 5.97 Å². The number of hydrogen-bond donors (Lipinski definition) is 0. The highest BCUT2D eigenvalue weighted by atomic mass is 35.5. The Bertz CT molecular complexity index is 1320. The number of para-hydroxylation sites is 1. The molecule has 0 spiro atoms. The molecule has 0 amide bonds. The van der Waals surface area contributed by atoms with E-state index >= 15 is 0 Å². The third-order valence-electron chi connectivity index (χ3n) is 4.70. The molecule has 0 bridgehead atoms. The quantitative estimate of drug-likeness (QED) is 0.223. The summed E-state index contributed by atoms with van der Waals surface area (Å²) in [7, 11) is 0. The molecule has 0 saturated carbocycles. The van der Waals surface area contributed by atoms with Gasteiger partial charge in [0, 0.05) is 33.5 Å². The van der Waals surface area contributed by atoms with Gasteiger partial charge < -0.3 is 9.47 Å². The Labute approximate surface area is 196 Å². The molecule has 3 aromatic carbocycles. The lowest BCUT2D eigenvalue weighted by Gasteiger charge is -2.10. The third kappa shape index (κ3) is 5.28. The van der Waals surface area contributed by atoms with Crippen LogP contribution in [0.5, 0.6) is 11.5 Å². The van der Waals surface area contributed by atoms with Crippen molar-refractivity contribution in [3.8, 4) is 11.5 Å². The summed E-state index contributed by atoms with van der Waals surface area (Å²) in [5.74, 6) is 0.704. The molecule has 4 rings (SSSR count). The van der Waals surface area contributed by atoms with Gasteiger partial charge in [-0.1, -0.05) is 59.6 Å². The molecule has 32 heavy (non-hydrogen) atoms. The average Bonchev–Trinajstić information content (AvgIpc) is 2.78. The van der Waals surface area contributed by atoms with Crippen molar-refractivity contribution in [3.63, 3.8) is 0 Å². The van der Waals surface area contributed by atoms with E-state index in [0.717, 1.165) is 22.2 Å². The molecule has 6 heteroatoms. The van der Waals surface area contributed by atoms with E-state index in [1.54, 1.807) is 18.2 Å². The highest BCUT2D eigenvalue weighted by Gasteiger charge is 2.08. The smallest absolute Gasteiger partial charge is 0.308 e. The van der Waals surface area contributed by atoms with Crippen LogP contribution in [0.25, 0.3) is 23.1 Å². The zero-order valence-corrected chi connectivity index (χ0v) is 18.7. The standard InChI is InChI=1S/C26H19Cl2NO3/c1-17(30)32-24-14-11-21(27)15-19(24)10-13-22-12-9-18-6-4-8-25(26(18)29-22)31-16-20-5-2-3-7-23(20)28/h2-15H,16H2,1H3/b13-10+. The summed E-state index contributed by atoms with van der Waals surface area (Å²) in [5, 5.41) is 2.17. The number of pyridine rings is 1. The molecule has 0 radical (unpaired) electrons. The molecule has 0 aliphatic carbocycles. The topological polar surface area (TPSA) is 48.4 Å². The second kappa shape index (κ2) is 9.86. The number of esters is 1. The Morgan fingerprint density at radius 2 is 1.78 bits per heavy atom. The molecular weight excluding hydrogens is 445 g/mol. The predicted molar refractivity (Wildman–Crippen MR) is 129 cm³/mol. The largest absolute Gasteiger partial charge is 0.487 e. The van der Waals surface area contributed by atoms with Crippen LogP contribution in [0.4, 0.5) is 0 Å². The van der Waals surface area contributed by atoms with E-state index in [0.29, 0.717) is 33.7 Å². The first-order valence-electron chi connectivity index (χ1n) is 9.91. The van der Waals surface area contributed by atoms with Crippen molar-refractivity contribution >= 4 is 52.2 Å². The third-order valence-corrected chi connectivity index (χ3v) is 5.31. The number of carbonyl (C=O) groups excluding carboxylic acids is 1. The van der Waals surface area contributed by atoms with Gasteiger partial charge in [0.2, 0.25) is 0 Å². The number of ether oxygens (including phenoxy) is 2. The number of carbonyl (C=O) groups is 1. The molecule has 1 aromatic heterocycles. The molecule has 0 N–H and O–H groups in total. The maximum Gasteiger partial charge on any atom is 0.308 e. The molecule has 0 atom stereocenters. The molecule has 1 heterocycles. The average molecular weight is 464 g/mol. The first kappa shape index (κ1) is 21.9. The number of nitrogens with zero attached hydrogens (tertiary/aromatic N) is 1. The molecule has 4 aromatic rings. The van der Waals surface area contributed by atoms with Crippen LogP contribution in [0, 0.1) is 0 Å². The summed E-state index contributed by atoms with van der Waals surface area (Å²) in [6.07, 6.45) is 3.65. The molecular formula is C26H19Cl2NO3. The summed E-state index contributed by atoms with van der Waals surface area (Å²) in [6, 6.07) is 22.3. The lowest BCUT2D eigenvalue weighted by atomic mass is 10.1. The van der Waals surface area contributed by atoms with E-state index in [9.17, 15) is 4.79 Å². The lowest BCUT2D eigenvalue weighted by molar-refractivity contribution is -0.131. The fraction of sp³-hybridized carbons (Fsp3) is 0.0769. The second-order valence-electron chi connectivity index (χ2n) is 7.05. The van der Waals surface area contributed by atoms with Gasteiger partial charge in [-0.2, -0.15) is 0 Å². The highest BCUT2D eigenvalue weighted by Crippen LogP contribution is 2.28. The van der Waals surface area contributed by atoms with Crippen LogP contribution in [-0.4, -0.2) is 11.0 Å². The maximum absolute atomic E-state index is 11.4. The summed E-state index contributed by atoms with van der Waals surface area (Å²) < 4.78 is 11.3. The summed E-state index contributed by atoms with van der Waals surface area (Å²) >= 11 is 12.4. The van der Waals surface area contributed by atoms with E-state index in [1.165, 1.54) is 6.92 Å². The van der Waals surface area contributed by atoms with Crippen molar-refractivity contribution in [2.45, 2.75) is 13.5 Å². The van der Waals surface area contributed by atoms with Gasteiger partial charge in [-0.25, -0.2) is 4.98 Å². The predicted octanol–water partition coefficient (Wildman–Crippen LogP) is 7.22. The second-order valence-corrected chi connectivity index (χ2v) is 7.90. The van der Waals surface area contributed by atoms with Crippen molar-refractivity contribution in [1.82, 2.24) is 4.98 Å². The maximum atomic E-state index is 11.4. The van der Waals surface area contributed by atoms with Crippen molar-refractivity contribution in [1.29, 1.82) is 0 Å². The zero-order chi connectivity index (χ0) is 22.5. The number of benzene rings is 3. The normalized spacial score (nSPS) is 11.1. The van der Waals surface area contributed by atoms with Crippen LogP contribution >= 0.6 is 23.2 Å². The minimum atomic E-state index is -0.397. The monoisotopic (exact) mass is 463 g/mol. The fourth-order valence-corrected chi connectivity index (χ4v) is 3.56. The Hall–Kier alpha value is -3.34. The molecule has 160 valence electrons. The number of halogens is 2. The molecule has 0 unspecified atom stereocenters. The molecule has 4 nitrogen and oxygen atoms in total. The summed E-state index contributed by atoms with van der Waals surface area (Å²) in [6.45, 7) is 1.70. The van der Waals surface area contributed by atoms with Gasteiger partial charge in [-0.15, -0.1) is 0 Å². The van der Waals surface area contributed by atoms with Gasteiger partial charge in [0.15, 0.2) is 0 Å². The number of hydrogen-bond acceptors (Lipinski definition) is 4. The molecule has 0 aliphatic rings. The Kier molecular flexibility index (Phi) is 6.74. The van der Waals surface area contributed by atoms with Gasteiger partial charge in [0.05, 0.1) is 5.69 Å². The highest BCUT2D eigenvalue weighted by molar-refractivity contribution is 6.31. The van der Waals surface area contributed by atoms with Gasteiger partial charge in [0.1, 0.15) is 23.6 Å². The van der Waals surface area contributed by atoms with Crippen LogP contribution in [0.2, 0.25) is 10.0 Å². The zero-order valence-electron chi connectivity index (χ0n) is 17.2. The van der Waals surface area contributed by atoms with Crippen molar-refractivity contribution in [2.24, 2.45) is 0 Å². The minimum Gasteiger partial charge on any atom is -0.487 e. The van der Waals surface area contributed by atoms with E-state index in [4.69, 9.17) is 37.7 Å². The van der Waals surface area contributed by atoms with Crippen LogP contribution in [0.3, 0.4) is 0 Å². The molecule has 0 saturated heterocycles. The number of rotatable bonds is 6. The first-order chi connectivity index (χ1) is 15.5. The van der Waals surface area contributed by atoms with E-state index in [-0.39, 0.29) is 0 Å². The summed E-state index contributed by atoms with van der Waals surface area (Å²) in [4.78, 5) is 16.1. The summed E-state index contributed by atoms with van der Waals surface area (Å²) in [5.41, 5.74) is 3.05. The van der Waals surface area contributed by atoms with Crippen LogP contribution in [0.1, 0.15) is 23.7 Å². The Balaban J connectivity index is 1.62. The van der Waals surface area contributed by atoms with Crippen LogP contribution in [-0.2, 0) is 11.4 Å². The van der Waals surface area contributed by atoms with Crippen molar-refractivity contribution in [3.05, 3.63) is 99.7 Å². The van der Waals surface area contributed by atoms with Gasteiger partial charge >= 0.3 is 5.97 Å². The van der Waals surface area contributed by atoms with Gasteiger partial charge in [0.25, 0.3) is 0 Å². The Morgan fingerprint density at radius 3 is 2.59 bits per heavy atom. The SMILES string of the molecule is CC(=O)Oc1ccc(Cl)cc1/C=C/c1ccc2cccc(OCc3ccccc3Cl)c2n1. The van der Waals surface area contributed by atoms with Gasteiger partial charge in [-0.05, 0) is 48.6 Å². The van der Waals surface area contributed by atoms with E-state index in [2.05, 4.69) is 0 Å². The number of aromatic nitrogens is 1.